The van der Waals surface area contributed by atoms with Crippen LogP contribution in [0.2, 0.25) is 0 Å². The van der Waals surface area contributed by atoms with Gasteiger partial charge in [0.25, 0.3) is 5.91 Å². The number of piperazine rings is 1. The van der Waals surface area contributed by atoms with Crippen molar-refractivity contribution in [3.05, 3.63) is 59.5 Å². The Kier molecular flexibility index (Phi) is 5.46. The number of nitrogens with one attached hydrogen (secondary N) is 1. The van der Waals surface area contributed by atoms with E-state index in [1.54, 1.807) is 47.2 Å². The molecule has 3 rings (SSSR count). The second kappa shape index (κ2) is 7.95. The van der Waals surface area contributed by atoms with E-state index in [9.17, 15) is 14.0 Å². The zero-order valence-electron chi connectivity index (χ0n) is 14.6. The third-order valence-corrected chi connectivity index (χ3v) is 4.41. The first kappa shape index (κ1) is 17.8. The Morgan fingerprint density at radius 2 is 1.73 bits per heavy atom. The van der Waals surface area contributed by atoms with E-state index < -0.39 is 0 Å². The molecule has 0 bridgehead atoms. The van der Waals surface area contributed by atoms with Gasteiger partial charge in [0.2, 0.25) is 5.91 Å². The molecular weight excluding hydrogens is 335 g/mol. The zero-order chi connectivity index (χ0) is 18.5. The molecule has 1 aliphatic heterocycles. The van der Waals surface area contributed by atoms with Crippen LogP contribution in [0.25, 0.3) is 0 Å². The second-order valence-corrected chi connectivity index (χ2v) is 6.21. The Balaban J connectivity index is 1.60. The van der Waals surface area contributed by atoms with E-state index in [4.69, 9.17) is 0 Å². The molecule has 1 saturated heterocycles. The van der Waals surface area contributed by atoms with Gasteiger partial charge in [-0.1, -0.05) is 12.1 Å². The van der Waals surface area contributed by atoms with Gasteiger partial charge in [0, 0.05) is 51.4 Å². The van der Waals surface area contributed by atoms with Gasteiger partial charge < -0.3 is 15.1 Å². The molecule has 0 radical (unpaired) electrons. The third kappa shape index (κ3) is 4.36. The first-order valence-corrected chi connectivity index (χ1v) is 8.52. The summed E-state index contributed by atoms with van der Waals surface area (Å²) in [6.45, 7) is 4.20. The van der Waals surface area contributed by atoms with Gasteiger partial charge in [0.15, 0.2) is 0 Å². The molecule has 2 aromatic rings. The predicted molar refractivity (Wildman–Crippen MR) is 96.1 cm³/mol. The smallest absolute Gasteiger partial charge is 0.254 e. The SMILES string of the molecule is CC(=O)N1CCN(C(=O)c2ccnc(NCc3ccc(F)cc3)c2)CC1. The summed E-state index contributed by atoms with van der Waals surface area (Å²) in [6, 6.07) is 9.61. The van der Waals surface area contributed by atoms with Gasteiger partial charge in [-0.2, -0.15) is 0 Å². The molecule has 1 fully saturated rings. The molecule has 0 aliphatic carbocycles. The van der Waals surface area contributed by atoms with Gasteiger partial charge in [-0.3, -0.25) is 9.59 Å². The second-order valence-electron chi connectivity index (χ2n) is 6.21. The van der Waals surface area contributed by atoms with Crippen molar-refractivity contribution >= 4 is 17.6 Å². The highest BCUT2D eigenvalue weighted by atomic mass is 19.1. The number of aromatic nitrogens is 1. The molecule has 1 aromatic heterocycles. The van der Waals surface area contributed by atoms with Crippen molar-refractivity contribution in [1.82, 2.24) is 14.8 Å². The van der Waals surface area contributed by atoms with Crippen LogP contribution in [0.15, 0.2) is 42.6 Å². The average molecular weight is 356 g/mol. The first-order valence-electron chi connectivity index (χ1n) is 8.52. The molecule has 0 unspecified atom stereocenters. The number of pyridine rings is 1. The van der Waals surface area contributed by atoms with Crippen LogP contribution >= 0.6 is 0 Å². The number of hydrogen-bond acceptors (Lipinski definition) is 4. The van der Waals surface area contributed by atoms with Crippen LogP contribution < -0.4 is 5.32 Å². The van der Waals surface area contributed by atoms with Crippen molar-refractivity contribution in [2.24, 2.45) is 0 Å². The fraction of sp³-hybridized carbons (Fsp3) is 0.316. The van der Waals surface area contributed by atoms with Crippen molar-refractivity contribution in [3.8, 4) is 0 Å². The molecule has 0 saturated carbocycles. The van der Waals surface area contributed by atoms with Crippen molar-refractivity contribution in [2.45, 2.75) is 13.5 Å². The topological polar surface area (TPSA) is 65.5 Å². The molecule has 1 N–H and O–H groups in total. The summed E-state index contributed by atoms with van der Waals surface area (Å²) in [4.78, 5) is 31.8. The number of amides is 2. The quantitative estimate of drug-likeness (QED) is 0.912. The zero-order valence-corrected chi connectivity index (χ0v) is 14.6. The summed E-state index contributed by atoms with van der Waals surface area (Å²) in [5.41, 5.74) is 1.48. The number of carbonyl (C=O) groups is 2. The number of halogens is 1. The largest absolute Gasteiger partial charge is 0.366 e. The number of rotatable bonds is 4. The lowest BCUT2D eigenvalue weighted by Gasteiger charge is -2.34. The molecular formula is C19H21FN4O2. The molecule has 6 nitrogen and oxygen atoms in total. The van der Waals surface area contributed by atoms with E-state index in [1.165, 1.54) is 12.1 Å². The van der Waals surface area contributed by atoms with Crippen LogP contribution in [0.1, 0.15) is 22.8 Å². The molecule has 0 atom stereocenters. The Bertz CT molecular complexity index is 786. The van der Waals surface area contributed by atoms with E-state index in [-0.39, 0.29) is 17.6 Å². The lowest BCUT2D eigenvalue weighted by molar-refractivity contribution is -0.130. The summed E-state index contributed by atoms with van der Waals surface area (Å²) >= 11 is 0. The van der Waals surface area contributed by atoms with Gasteiger partial charge in [-0.25, -0.2) is 9.37 Å². The summed E-state index contributed by atoms with van der Waals surface area (Å²) < 4.78 is 12.9. The van der Waals surface area contributed by atoms with Crippen molar-refractivity contribution in [2.75, 3.05) is 31.5 Å². The highest BCUT2D eigenvalue weighted by molar-refractivity contribution is 5.95. The van der Waals surface area contributed by atoms with Crippen LogP contribution in [0, 0.1) is 5.82 Å². The minimum atomic E-state index is -0.274. The summed E-state index contributed by atoms with van der Waals surface area (Å²) in [5, 5.41) is 3.14. The molecule has 136 valence electrons. The van der Waals surface area contributed by atoms with E-state index >= 15 is 0 Å². The van der Waals surface area contributed by atoms with Crippen LogP contribution in [0.3, 0.4) is 0 Å². The number of anilines is 1. The maximum absolute atomic E-state index is 12.9. The van der Waals surface area contributed by atoms with Crippen molar-refractivity contribution < 1.29 is 14.0 Å². The number of benzene rings is 1. The molecule has 0 spiro atoms. The minimum Gasteiger partial charge on any atom is -0.366 e. The Hall–Kier alpha value is -2.96. The Morgan fingerprint density at radius 3 is 2.38 bits per heavy atom. The molecule has 1 aromatic carbocycles. The van der Waals surface area contributed by atoms with Crippen LogP contribution in [0.4, 0.5) is 10.2 Å². The fourth-order valence-corrected chi connectivity index (χ4v) is 2.86. The van der Waals surface area contributed by atoms with E-state index in [1.807, 2.05) is 0 Å². The van der Waals surface area contributed by atoms with Crippen LogP contribution in [-0.4, -0.2) is 52.8 Å². The number of hydrogen-bond donors (Lipinski definition) is 1. The Labute approximate surface area is 151 Å². The molecule has 2 heterocycles. The first-order chi connectivity index (χ1) is 12.5. The van der Waals surface area contributed by atoms with Gasteiger partial charge in [-0.15, -0.1) is 0 Å². The van der Waals surface area contributed by atoms with Crippen LogP contribution in [-0.2, 0) is 11.3 Å². The highest BCUT2D eigenvalue weighted by Gasteiger charge is 2.23. The maximum Gasteiger partial charge on any atom is 0.254 e. The monoisotopic (exact) mass is 356 g/mol. The average Bonchev–Trinajstić information content (AvgIpc) is 2.67. The van der Waals surface area contributed by atoms with Crippen molar-refractivity contribution in [1.29, 1.82) is 0 Å². The maximum atomic E-state index is 12.9. The molecule has 7 heteroatoms. The van der Waals surface area contributed by atoms with Crippen LogP contribution in [0.5, 0.6) is 0 Å². The predicted octanol–water partition coefficient (Wildman–Crippen LogP) is 2.14. The van der Waals surface area contributed by atoms with Gasteiger partial charge in [0.05, 0.1) is 0 Å². The fourth-order valence-electron chi connectivity index (χ4n) is 2.86. The summed E-state index contributed by atoms with van der Waals surface area (Å²) in [5.74, 6) is 0.278. The number of carbonyl (C=O) groups excluding carboxylic acids is 2. The number of nitrogens with zero attached hydrogens (tertiary/aromatic N) is 3. The third-order valence-electron chi connectivity index (χ3n) is 4.41. The van der Waals surface area contributed by atoms with Crippen molar-refractivity contribution in [3.63, 3.8) is 0 Å². The van der Waals surface area contributed by atoms with Gasteiger partial charge >= 0.3 is 0 Å². The van der Waals surface area contributed by atoms with Gasteiger partial charge in [-0.05, 0) is 29.8 Å². The summed E-state index contributed by atoms with van der Waals surface area (Å²) in [6.07, 6.45) is 1.59. The van der Waals surface area contributed by atoms with Gasteiger partial charge in [0.1, 0.15) is 11.6 Å². The lowest BCUT2D eigenvalue weighted by atomic mass is 10.2. The molecule has 26 heavy (non-hydrogen) atoms. The molecule has 2 amide bonds. The lowest BCUT2D eigenvalue weighted by Crippen LogP contribution is -2.50. The van der Waals surface area contributed by atoms with E-state index in [0.29, 0.717) is 44.1 Å². The minimum absolute atomic E-state index is 0.0355. The standard InChI is InChI=1S/C19H21FN4O2/c1-14(25)23-8-10-24(11-9-23)19(26)16-6-7-21-18(12-16)22-13-15-2-4-17(20)5-3-15/h2-7,12H,8-11,13H2,1H3,(H,21,22). The van der Waals surface area contributed by atoms with E-state index in [2.05, 4.69) is 10.3 Å². The normalized spacial score (nSPS) is 14.2. The Morgan fingerprint density at radius 1 is 1.08 bits per heavy atom. The highest BCUT2D eigenvalue weighted by Crippen LogP contribution is 2.13. The summed E-state index contributed by atoms with van der Waals surface area (Å²) in [7, 11) is 0. The van der Waals surface area contributed by atoms with E-state index in [0.717, 1.165) is 5.56 Å². The molecule has 1 aliphatic rings.